The Morgan fingerprint density at radius 3 is 2.54 bits per heavy atom. The van der Waals surface area contributed by atoms with Crippen molar-refractivity contribution in [3.8, 4) is 22.8 Å². The number of aromatic carboxylic acids is 1. The molecule has 6 heteroatoms. The maximum Gasteiger partial charge on any atom is 0.356 e. The third-order valence-electron chi connectivity index (χ3n) is 4.11. The Morgan fingerprint density at radius 2 is 1.96 bits per heavy atom. The van der Waals surface area contributed by atoms with Crippen molar-refractivity contribution in [2.45, 2.75) is 6.92 Å². The summed E-state index contributed by atoms with van der Waals surface area (Å²) >= 11 is 3.48. The first-order valence-corrected chi connectivity index (χ1v) is 8.65. The van der Waals surface area contributed by atoms with Crippen molar-refractivity contribution in [1.82, 2.24) is 9.55 Å². The Labute approximate surface area is 159 Å². The third-order valence-corrected chi connectivity index (χ3v) is 4.84. The smallest absolute Gasteiger partial charge is 0.356 e. The minimum absolute atomic E-state index is 0.0267. The molecule has 5 nitrogen and oxygen atoms in total. The Bertz CT molecular complexity index is 991. The summed E-state index contributed by atoms with van der Waals surface area (Å²) in [5.74, 6) is 0.224. The molecular weight excluding hydrogens is 396 g/mol. The molecule has 0 atom stereocenters. The molecule has 0 radical (unpaired) electrons. The molecule has 132 valence electrons. The van der Waals surface area contributed by atoms with Crippen LogP contribution in [-0.4, -0.2) is 27.7 Å². The Hall–Kier alpha value is -2.86. The minimum atomic E-state index is -1.06. The topological polar surface area (TPSA) is 64.3 Å². The molecule has 1 N–H and O–H groups in total. The summed E-state index contributed by atoms with van der Waals surface area (Å²) in [5.41, 5.74) is 3.09. The molecule has 0 saturated carbocycles. The second kappa shape index (κ2) is 7.17. The molecule has 0 spiro atoms. The molecule has 0 fully saturated rings. The number of benzene rings is 2. The van der Waals surface area contributed by atoms with Gasteiger partial charge in [0.1, 0.15) is 11.6 Å². The van der Waals surface area contributed by atoms with Gasteiger partial charge in [-0.1, -0.05) is 34.7 Å². The lowest BCUT2D eigenvalue weighted by Gasteiger charge is -2.12. The van der Waals surface area contributed by atoms with Gasteiger partial charge in [0.15, 0.2) is 5.69 Å². The van der Waals surface area contributed by atoms with Crippen molar-refractivity contribution in [2.24, 2.45) is 0 Å². The fraction of sp³-hybridized carbons (Fsp3) is 0.100. The van der Waals surface area contributed by atoms with Crippen LogP contribution in [0.15, 0.2) is 53.5 Å². The number of imidazole rings is 1. The molecule has 1 aromatic heterocycles. The lowest BCUT2D eigenvalue weighted by Crippen LogP contribution is -2.02. The summed E-state index contributed by atoms with van der Waals surface area (Å²) in [6.07, 6.45) is 1.74. The zero-order valence-electron chi connectivity index (χ0n) is 14.4. The normalized spacial score (nSPS) is 10.6. The van der Waals surface area contributed by atoms with Crippen LogP contribution in [0.25, 0.3) is 23.2 Å². The third kappa shape index (κ3) is 3.15. The van der Waals surface area contributed by atoms with Crippen molar-refractivity contribution < 1.29 is 14.6 Å². The molecule has 0 unspecified atom stereocenters. The highest BCUT2D eigenvalue weighted by Gasteiger charge is 2.21. The number of ether oxygens (including phenoxy) is 1. The van der Waals surface area contributed by atoms with Crippen LogP contribution in [0, 0.1) is 6.92 Å². The molecule has 3 aromatic rings. The van der Waals surface area contributed by atoms with E-state index in [1.807, 2.05) is 47.0 Å². The maximum absolute atomic E-state index is 11.6. The summed E-state index contributed by atoms with van der Waals surface area (Å²) in [6.45, 7) is 5.56. The number of carboxylic acids is 1. The highest BCUT2D eigenvalue weighted by atomic mass is 79.9. The second-order valence-corrected chi connectivity index (χ2v) is 6.50. The number of hydrogen-bond acceptors (Lipinski definition) is 3. The largest absolute Gasteiger partial charge is 0.497 e. The fourth-order valence-electron chi connectivity index (χ4n) is 2.78. The van der Waals surface area contributed by atoms with Gasteiger partial charge < -0.3 is 9.84 Å². The van der Waals surface area contributed by atoms with Crippen LogP contribution in [0.3, 0.4) is 0 Å². The zero-order chi connectivity index (χ0) is 18.8. The van der Waals surface area contributed by atoms with E-state index in [1.165, 1.54) is 0 Å². The fourth-order valence-corrected chi connectivity index (χ4v) is 3.19. The van der Waals surface area contributed by atoms with Crippen LogP contribution in [0.1, 0.15) is 21.7 Å². The van der Waals surface area contributed by atoms with Crippen LogP contribution in [0.5, 0.6) is 5.75 Å². The van der Waals surface area contributed by atoms with Gasteiger partial charge in [-0.05, 0) is 48.9 Å². The van der Waals surface area contributed by atoms with Crippen molar-refractivity contribution >= 4 is 28.0 Å². The summed E-state index contributed by atoms with van der Waals surface area (Å²) in [6, 6.07) is 13.1. The van der Waals surface area contributed by atoms with E-state index < -0.39 is 5.97 Å². The molecule has 0 bridgehead atoms. The molecule has 0 aliphatic heterocycles. The number of carbonyl (C=O) groups is 1. The first-order valence-electron chi connectivity index (χ1n) is 7.85. The highest BCUT2D eigenvalue weighted by Crippen LogP contribution is 2.30. The van der Waals surface area contributed by atoms with E-state index in [1.54, 1.807) is 20.1 Å². The van der Waals surface area contributed by atoms with Crippen LogP contribution in [0.4, 0.5) is 0 Å². The van der Waals surface area contributed by atoms with Gasteiger partial charge in [0.2, 0.25) is 0 Å². The Balaban J connectivity index is 2.25. The van der Waals surface area contributed by atoms with E-state index >= 15 is 0 Å². The number of carboxylic acid groups (broad SMARTS) is 1. The lowest BCUT2D eigenvalue weighted by atomic mass is 10.1. The standard InChI is InChI=1S/C20H17BrN2O3/c1-4-13-11-14(5-10-17(13)21)19-22-18(20(24)25)12(2)23(19)15-6-8-16(26-3)9-7-15/h4-11H,1H2,2-3H3,(H,24,25). The lowest BCUT2D eigenvalue weighted by molar-refractivity contribution is 0.0690. The first-order chi connectivity index (χ1) is 12.5. The van der Waals surface area contributed by atoms with Crippen molar-refractivity contribution in [3.63, 3.8) is 0 Å². The van der Waals surface area contributed by atoms with Gasteiger partial charge in [-0.3, -0.25) is 4.57 Å². The Morgan fingerprint density at radius 1 is 1.27 bits per heavy atom. The SMILES string of the molecule is C=Cc1cc(-c2nc(C(=O)O)c(C)n2-c2ccc(OC)cc2)ccc1Br. The molecule has 2 aromatic carbocycles. The second-order valence-electron chi connectivity index (χ2n) is 5.65. The molecule has 0 saturated heterocycles. The van der Waals surface area contributed by atoms with Crippen LogP contribution < -0.4 is 4.74 Å². The van der Waals surface area contributed by atoms with Gasteiger partial charge in [-0.25, -0.2) is 9.78 Å². The molecule has 0 aliphatic rings. The minimum Gasteiger partial charge on any atom is -0.497 e. The van der Waals surface area contributed by atoms with Crippen molar-refractivity contribution in [2.75, 3.05) is 7.11 Å². The highest BCUT2D eigenvalue weighted by molar-refractivity contribution is 9.10. The monoisotopic (exact) mass is 412 g/mol. The van der Waals surface area contributed by atoms with E-state index in [9.17, 15) is 9.90 Å². The zero-order valence-corrected chi connectivity index (χ0v) is 15.9. The van der Waals surface area contributed by atoms with E-state index in [4.69, 9.17) is 4.74 Å². The Kier molecular flexibility index (Phi) is 4.95. The van der Waals surface area contributed by atoms with Crippen molar-refractivity contribution in [3.05, 3.63) is 70.5 Å². The van der Waals surface area contributed by atoms with Crippen molar-refractivity contribution in [1.29, 1.82) is 0 Å². The molecule has 26 heavy (non-hydrogen) atoms. The van der Waals surface area contributed by atoms with E-state index in [-0.39, 0.29) is 5.69 Å². The number of methoxy groups -OCH3 is 1. The van der Waals surface area contributed by atoms with Gasteiger partial charge in [0.25, 0.3) is 0 Å². The summed E-state index contributed by atoms with van der Waals surface area (Å²) in [5, 5.41) is 9.50. The number of hydrogen-bond donors (Lipinski definition) is 1. The first kappa shape index (κ1) is 17.9. The number of rotatable bonds is 5. The quantitative estimate of drug-likeness (QED) is 0.642. The van der Waals surface area contributed by atoms with Gasteiger partial charge >= 0.3 is 5.97 Å². The van der Waals surface area contributed by atoms with Crippen LogP contribution in [-0.2, 0) is 0 Å². The molecule has 3 rings (SSSR count). The predicted molar refractivity (Wildman–Crippen MR) is 105 cm³/mol. The van der Waals surface area contributed by atoms with Crippen LogP contribution in [0.2, 0.25) is 0 Å². The van der Waals surface area contributed by atoms with E-state index in [0.717, 1.165) is 27.0 Å². The molecule has 1 heterocycles. The van der Waals surface area contributed by atoms with Gasteiger partial charge in [-0.2, -0.15) is 0 Å². The van der Waals surface area contributed by atoms with Gasteiger partial charge in [0, 0.05) is 15.7 Å². The molecule has 0 amide bonds. The van der Waals surface area contributed by atoms with Crippen LogP contribution >= 0.6 is 15.9 Å². The van der Waals surface area contributed by atoms with Gasteiger partial charge in [0.05, 0.1) is 12.8 Å². The average Bonchev–Trinajstić information content (AvgIpc) is 2.99. The molecule has 0 aliphatic carbocycles. The number of nitrogens with zero attached hydrogens (tertiary/aromatic N) is 2. The number of halogens is 1. The maximum atomic E-state index is 11.6. The van der Waals surface area contributed by atoms with Gasteiger partial charge in [-0.15, -0.1) is 0 Å². The van der Waals surface area contributed by atoms with E-state index in [0.29, 0.717) is 11.5 Å². The van der Waals surface area contributed by atoms with E-state index in [2.05, 4.69) is 27.5 Å². The summed E-state index contributed by atoms with van der Waals surface area (Å²) in [4.78, 5) is 16.0. The number of aromatic nitrogens is 2. The molecular formula is C20H17BrN2O3. The average molecular weight is 413 g/mol. The summed E-state index contributed by atoms with van der Waals surface area (Å²) < 4.78 is 7.95. The predicted octanol–water partition coefficient (Wildman–Crippen LogP) is 4.96. The summed E-state index contributed by atoms with van der Waals surface area (Å²) in [7, 11) is 1.60.